The Morgan fingerprint density at radius 2 is 1.76 bits per heavy atom. The molecule has 6 heteroatoms. The van der Waals surface area contributed by atoms with Crippen LogP contribution in [-0.2, 0) is 9.84 Å². The molecule has 0 aliphatic rings. The Labute approximate surface area is 153 Å². The van der Waals surface area contributed by atoms with Crippen LogP contribution in [0.15, 0.2) is 38.8 Å². The van der Waals surface area contributed by atoms with E-state index < -0.39 is 9.84 Å². The molecule has 1 heterocycles. The van der Waals surface area contributed by atoms with E-state index in [4.69, 9.17) is 0 Å². The number of sulfone groups is 1. The van der Waals surface area contributed by atoms with Crippen molar-refractivity contribution in [2.24, 2.45) is 0 Å². The van der Waals surface area contributed by atoms with Crippen LogP contribution in [0.4, 0.5) is 0 Å². The fraction of sp³-hybridized carbons (Fsp3) is 0.316. The van der Waals surface area contributed by atoms with Crippen LogP contribution in [0, 0.1) is 11.3 Å². The summed E-state index contributed by atoms with van der Waals surface area (Å²) >= 11 is 1.08. The minimum Gasteiger partial charge on any atom is -0.507 e. The van der Waals surface area contributed by atoms with Crippen molar-refractivity contribution in [3.05, 3.63) is 51.2 Å². The highest BCUT2D eigenvalue weighted by Gasteiger charge is 2.22. The molecule has 0 saturated carbocycles. The lowest BCUT2D eigenvalue weighted by atomic mass is 9.91. The average molecular weight is 376 g/mol. The summed E-state index contributed by atoms with van der Waals surface area (Å²) in [4.78, 5) is -0.301. The average Bonchev–Trinajstić information content (AvgIpc) is 3.08. The summed E-state index contributed by atoms with van der Waals surface area (Å²) in [5.41, 5.74) is 2.08. The standard InChI is InChI=1S/C19H21NO3S2/c1-12(2)16-9-14(10-17(13(3)4)19(16)21)8-15(11-20)25(22,23)18-6-5-7-24-18/h5-10,12-13,21H,1-4H3/b15-8+. The van der Waals surface area contributed by atoms with Crippen LogP contribution in [-0.4, -0.2) is 13.5 Å². The van der Waals surface area contributed by atoms with Gasteiger partial charge in [0.2, 0.25) is 9.84 Å². The lowest BCUT2D eigenvalue weighted by molar-refractivity contribution is 0.454. The fourth-order valence-corrected chi connectivity index (χ4v) is 4.79. The summed E-state index contributed by atoms with van der Waals surface area (Å²) in [6, 6.07) is 8.42. The maximum absolute atomic E-state index is 12.6. The third kappa shape index (κ3) is 3.94. The second-order valence-corrected chi connectivity index (χ2v) is 9.51. The normalized spacial score (nSPS) is 12.6. The van der Waals surface area contributed by atoms with Crippen molar-refractivity contribution >= 4 is 27.3 Å². The van der Waals surface area contributed by atoms with Crippen molar-refractivity contribution in [2.45, 2.75) is 43.7 Å². The third-order valence-electron chi connectivity index (χ3n) is 3.89. The van der Waals surface area contributed by atoms with Crippen molar-refractivity contribution in [3.8, 4) is 11.8 Å². The summed E-state index contributed by atoms with van der Waals surface area (Å²) in [6.45, 7) is 7.83. The number of rotatable bonds is 5. The van der Waals surface area contributed by atoms with E-state index in [-0.39, 0.29) is 26.7 Å². The zero-order valence-corrected chi connectivity index (χ0v) is 16.3. The van der Waals surface area contributed by atoms with Gasteiger partial charge >= 0.3 is 0 Å². The van der Waals surface area contributed by atoms with Gasteiger partial charge in [-0.25, -0.2) is 8.42 Å². The molecule has 0 atom stereocenters. The van der Waals surface area contributed by atoms with Gasteiger partial charge in [-0.2, -0.15) is 5.26 Å². The first kappa shape index (κ1) is 19.2. The lowest BCUT2D eigenvalue weighted by Gasteiger charge is -2.16. The molecule has 2 aromatic rings. The Morgan fingerprint density at radius 3 is 2.16 bits per heavy atom. The molecule has 25 heavy (non-hydrogen) atoms. The zero-order chi connectivity index (χ0) is 18.8. The molecule has 4 nitrogen and oxygen atoms in total. The van der Waals surface area contributed by atoms with E-state index in [1.54, 1.807) is 23.6 Å². The number of nitrogens with zero attached hydrogens (tertiary/aromatic N) is 1. The third-order valence-corrected chi connectivity index (χ3v) is 6.96. The minimum atomic E-state index is -3.83. The number of hydrogen-bond acceptors (Lipinski definition) is 5. The molecule has 0 bridgehead atoms. The minimum absolute atomic E-state index is 0.0743. The largest absolute Gasteiger partial charge is 0.507 e. The maximum atomic E-state index is 12.6. The highest BCUT2D eigenvalue weighted by molar-refractivity contribution is 7.97. The van der Waals surface area contributed by atoms with Crippen LogP contribution >= 0.6 is 11.3 Å². The summed E-state index contributed by atoms with van der Waals surface area (Å²) in [5.74, 6) is 0.386. The lowest BCUT2D eigenvalue weighted by Crippen LogP contribution is -2.02. The molecule has 1 aromatic carbocycles. The van der Waals surface area contributed by atoms with Crippen molar-refractivity contribution < 1.29 is 13.5 Å². The molecule has 132 valence electrons. The molecule has 1 aromatic heterocycles. The van der Waals surface area contributed by atoms with Gasteiger partial charge in [-0.1, -0.05) is 33.8 Å². The quantitative estimate of drug-likeness (QED) is 0.743. The Bertz CT molecular complexity index is 903. The van der Waals surface area contributed by atoms with Crippen molar-refractivity contribution in [3.63, 3.8) is 0 Å². The first-order valence-electron chi connectivity index (χ1n) is 7.95. The number of phenols is 1. The van der Waals surface area contributed by atoms with Gasteiger partial charge in [0.25, 0.3) is 0 Å². The molecule has 1 N–H and O–H groups in total. The number of phenolic OH excluding ortho intramolecular Hbond substituents is 1. The molecule has 0 aliphatic heterocycles. The highest BCUT2D eigenvalue weighted by atomic mass is 32.2. The van der Waals surface area contributed by atoms with E-state index in [1.165, 1.54) is 12.1 Å². The Morgan fingerprint density at radius 1 is 1.20 bits per heavy atom. The van der Waals surface area contributed by atoms with Gasteiger partial charge in [0, 0.05) is 0 Å². The van der Waals surface area contributed by atoms with Crippen molar-refractivity contribution in [1.29, 1.82) is 5.26 Å². The first-order valence-corrected chi connectivity index (χ1v) is 10.3. The van der Waals surface area contributed by atoms with Crippen LogP contribution in [0.1, 0.15) is 56.2 Å². The van der Waals surface area contributed by atoms with Crippen LogP contribution in [0.2, 0.25) is 0 Å². The van der Waals surface area contributed by atoms with E-state index in [9.17, 15) is 18.8 Å². The van der Waals surface area contributed by atoms with Gasteiger partial charge in [-0.3, -0.25) is 0 Å². The zero-order valence-electron chi connectivity index (χ0n) is 14.6. The van der Waals surface area contributed by atoms with Crippen molar-refractivity contribution in [1.82, 2.24) is 0 Å². The molecule has 0 radical (unpaired) electrons. The predicted octanol–water partition coefficient (Wildman–Crippen LogP) is 5.04. The van der Waals surface area contributed by atoms with Gasteiger partial charge < -0.3 is 5.11 Å². The summed E-state index contributed by atoms with van der Waals surface area (Å²) in [6.07, 6.45) is 1.38. The van der Waals surface area contributed by atoms with E-state index in [0.717, 1.165) is 22.5 Å². The monoisotopic (exact) mass is 375 g/mol. The highest BCUT2D eigenvalue weighted by Crippen LogP contribution is 2.36. The number of hydrogen-bond donors (Lipinski definition) is 1. The Kier molecular flexibility index (Phi) is 5.71. The van der Waals surface area contributed by atoms with E-state index in [0.29, 0.717) is 5.56 Å². The molecule has 2 rings (SSSR count). The predicted molar refractivity (Wildman–Crippen MR) is 101 cm³/mol. The summed E-state index contributed by atoms with van der Waals surface area (Å²) < 4.78 is 25.4. The summed E-state index contributed by atoms with van der Waals surface area (Å²) in [7, 11) is -3.83. The van der Waals surface area contributed by atoms with Gasteiger partial charge in [0.15, 0.2) is 4.91 Å². The topological polar surface area (TPSA) is 78.2 Å². The Hall–Kier alpha value is -2.10. The Balaban J connectivity index is 2.65. The van der Waals surface area contributed by atoms with Crippen molar-refractivity contribution in [2.75, 3.05) is 0 Å². The second kappa shape index (κ2) is 7.42. The van der Waals surface area contributed by atoms with Crippen LogP contribution < -0.4 is 0 Å². The van der Waals surface area contributed by atoms with Gasteiger partial charge in [0.05, 0.1) is 0 Å². The molecule has 0 fully saturated rings. The van der Waals surface area contributed by atoms with Gasteiger partial charge in [-0.05, 0) is 58.2 Å². The first-order chi connectivity index (χ1) is 11.7. The maximum Gasteiger partial charge on any atom is 0.226 e. The molecular weight excluding hydrogens is 354 g/mol. The van der Waals surface area contributed by atoms with Gasteiger partial charge in [0.1, 0.15) is 16.0 Å². The number of nitriles is 1. The van der Waals surface area contributed by atoms with Crippen LogP contribution in [0.25, 0.3) is 6.08 Å². The van der Waals surface area contributed by atoms with Gasteiger partial charge in [-0.15, -0.1) is 11.3 Å². The van der Waals surface area contributed by atoms with E-state index in [1.807, 2.05) is 33.8 Å². The van der Waals surface area contributed by atoms with Crippen LogP contribution in [0.3, 0.4) is 0 Å². The van der Waals surface area contributed by atoms with Crippen LogP contribution in [0.5, 0.6) is 5.75 Å². The molecular formula is C19H21NO3S2. The number of benzene rings is 1. The molecule has 0 saturated heterocycles. The van der Waals surface area contributed by atoms with E-state index >= 15 is 0 Å². The SMILES string of the molecule is CC(C)c1cc(/C=C(\C#N)S(=O)(=O)c2cccs2)cc(C(C)C)c1O. The molecule has 0 spiro atoms. The second-order valence-electron chi connectivity index (χ2n) is 6.41. The summed E-state index contributed by atoms with van der Waals surface area (Å²) in [5, 5.41) is 21.5. The smallest absolute Gasteiger partial charge is 0.226 e. The van der Waals surface area contributed by atoms with E-state index in [2.05, 4.69) is 0 Å². The number of thiophene rings is 1. The number of aromatic hydroxyl groups is 1. The molecule has 0 unspecified atom stereocenters. The fourth-order valence-electron chi connectivity index (χ4n) is 2.51. The number of allylic oxidation sites excluding steroid dienone is 1. The molecule has 0 amide bonds. The molecule has 0 aliphatic carbocycles.